The van der Waals surface area contributed by atoms with Crippen LogP contribution in [-0.4, -0.2) is 45.2 Å². The summed E-state index contributed by atoms with van der Waals surface area (Å²) in [6.07, 6.45) is -8.33. The molecule has 0 aliphatic carbocycles. The van der Waals surface area contributed by atoms with E-state index < -0.39 is 64.3 Å². The lowest BCUT2D eigenvalue weighted by atomic mass is 10.2. The molecule has 0 fully saturated rings. The number of carbonyl (C=O) groups is 1. The van der Waals surface area contributed by atoms with Crippen LogP contribution in [0.15, 0.2) is 41.4 Å². The highest BCUT2D eigenvalue weighted by Gasteiger charge is 2.34. The summed E-state index contributed by atoms with van der Waals surface area (Å²) < 4.78 is 139. The predicted molar refractivity (Wildman–Crippen MR) is 146 cm³/mol. The third-order valence-corrected chi connectivity index (χ3v) is 5.35. The van der Waals surface area contributed by atoms with Crippen LogP contribution in [0.2, 0.25) is 0 Å². The van der Waals surface area contributed by atoms with Gasteiger partial charge in [0.25, 0.3) is 0 Å². The van der Waals surface area contributed by atoms with E-state index in [0.29, 0.717) is 24.5 Å². The fourth-order valence-corrected chi connectivity index (χ4v) is 3.29. The number of alkyl halides is 6. The van der Waals surface area contributed by atoms with E-state index in [1.54, 1.807) is 20.8 Å². The molecule has 0 aliphatic rings. The van der Waals surface area contributed by atoms with Gasteiger partial charge in [-0.3, -0.25) is 5.10 Å². The maximum atomic E-state index is 13.7. The fourth-order valence-electron chi connectivity index (χ4n) is 3.29. The average Bonchev–Trinajstić information content (AvgIpc) is 3.57. The Bertz CT molecular complexity index is 1720. The molecular formula is C28H24F10N6O4. The Morgan fingerprint density at radius 3 is 1.62 bits per heavy atom. The van der Waals surface area contributed by atoms with Crippen molar-refractivity contribution in [3.63, 3.8) is 0 Å². The number of aromatic amines is 1. The maximum absolute atomic E-state index is 13.7. The second-order valence-electron chi connectivity index (χ2n) is 9.06. The van der Waals surface area contributed by atoms with Gasteiger partial charge in [-0.15, -0.1) is 10.2 Å². The predicted octanol–water partition coefficient (Wildman–Crippen LogP) is 8.01. The first-order valence-corrected chi connectivity index (χ1v) is 13.2. The van der Waals surface area contributed by atoms with E-state index in [-0.39, 0.29) is 36.0 Å². The standard InChI is InChI=1S/C14H12F5N3O2.C11H7F5N2O.C3H5NO/c1-3-20-13(23)22-7(2)4-11(21-22)24-12-9(15)5-8(6-10(12)16)14(17,18)19;1-5-2-9(18-17-5)19-10-7(12)3-6(4-8(10)13)11(14,15)16;1-2-4-3-5/h4-6H,3H2,1-2H3,(H,20,23);2-4H,1H3,(H,17,18);2H2,1H3. The van der Waals surface area contributed by atoms with Crippen LogP contribution in [0.1, 0.15) is 36.4 Å². The van der Waals surface area contributed by atoms with E-state index in [1.165, 1.54) is 25.1 Å². The summed E-state index contributed by atoms with van der Waals surface area (Å²) >= 11 is 0. The van der Waals surface area contributed by atoms with Gasteiger partial charge in [0.15, 0.2) is 23.3 Å². The molecule has 260 valence electrons. The van der Waals surface area contributed by atoms with E-state index >= 15 is 0 Å². The minimum atomic E-state index is -4.89. The number of aliphatic imine (C=N–C) groups is 1. The van der Waals surface area contributed by atoms with Gasteiger partial charge in [-0.25, -0.2) is 32.1 Å². The topological polar surface area (TPSA) is 123 Å². The number of nitrogens with one attached hydrogen (secondary N) is 2. The Morgan fingerprint density at radius 1 is 0.833 bits per heavy atom. The SMILES string of the molecule is CCN=C=O.CCNC(=O)n1nc(Oc2c(F)cc(C(F)(F)F)cc2F)cc1C.Cc1cc(Oc2c(F)cc(C(F)(F)F)cc2F)n[nH]1. The van der Waals surface area contributed by atoms with Crippen molar-refractivity contribution in [3.05, 3.63) is 82.2 Å². The van der Waals surface area contributed by atoms with E-state index in [0.717, 1.165) is 4.68 Å². The molecule has 10 nitrogen and oxygen atoms in total. The lowest BCUT2D eigenvalue weighted by molar-refractivity contribution is -0.138. The Kier molecular flexibility index (Phi) is 13.3. The smallest absolute Gasteiger partial charge is 0.416 e. The quantitative estimate of drug-likeness (QED) is 0.120. The molecule has 4 rings (SSSR count). The number of amides is 1. The molecule has 20 heteroatoms. The van der Waals surface area contributed by atoms with Gasteiger partial charge in [0, 0.05) is 30.9 Å². The summed E-state index contributed by atoms with van der Waals surface area (Å²) in [6, 6.07) is 2.54. The number of nitrogens with zero attached hydrogens (tertiary/aromatic N) is 4. The van der Waals surface area contributed by atoms with Crippen molar-refractivity contribution >= 4 is 12.1 Å². The van der Waals surface area contributed by atoms with Gasteiger partial charge in [-0.05, 0) is 52.0 Å². The summed E-state index contributed by atoms with van der Waals surface area (Å²) in [6.45, 7) is 7.46. The number of benzene rings is 2. The van der Waals surface area contributed by atoms with Crippen molar-refractivity contribution in [1.82, 2.24) is 25.3 Å². The highest BCUT2D eigenvalue weighted by atomic mass is 19.4. The van der Waals surface area contributed by atoms with Crippen LogP contribution >= 0.6 is 0 Å². The van der Waals surface area contributed by atoms with Gasteiger partial charge < -0.3 is 14.8 Å². The molecule has 2 N–H and O–H groups in total. The Labute approximate surface area is 264 Å². The van der Waals surface area contributed by atoms with Crippen molar-refractivity contribution in [2.45, 2.75) is 40.0 Å². The van der Waals surface area contributed by atoms with Crippen LogP contribution in [0, 0.1) is 37.1 Å². The molecule has 0 spiro atoms. The van der Waals surface area contributed by atoms with E-state index in [1.807, 2.05) is 0 Å². The molecule has 0 unspecified atom stereocenters. The van der Waals surface area contributed by atoms with Crippen LogP contribution < -0.4 is 14.8 Å². The molecule has 0 saturated heterocycles. The van der Waals surface area contributed by atoms with Gasteiger partial charge in [0.2, 0.25) is 29.3 Å². The minimum absolute atomic E-state index is 0.117. The van der Waals surface area contributed by atoms with Gasteiger partial charge in [-0.1, -0.05) is 0 Å². The molecule has 48 heavy (non-hydrogen) atoms. The van der Waals surface area contributed by atoms with E-state index in [9.17, 15) is 48.7 Å². The normalized spacial score (nSPS) is 11.0. The zero-order chi connectivity index (χ0) is 36.4. The number of halogens is 10. The molecule has 0 bridgehead atoms. The Morgan fingerprint density at radius 2 is 1.29 bits per heavy atom. The molecule has 2 heterocycles. The number of ether oxygens (including phenoxy) is 2. The second kappa shape index (κ2) is 16.4. The molecule has 0 radical (unpaired) electrons. The molecule has 2 aromatic carbocycles. The summed E-state index contributed by atoms with van der Waals surface area (Å²) in [5.41, 5.74) is -2.02. The third-order valence-electron chi connectivity index (χ3n) is 5.35. The Balaban J connectivity index is 0.000000298. The summed E-state index contributed by atoms with van der Waals surface area (Å²) in [7, 11) is 0. The number of isocyanates is 1. The number of aromatic nitrogens is 4. The van der Waals surface area contributed by atoms with Crippen LogP contribution in [0.4, 0.5) is 48.7 Å². The van der Waals surface area contributed by atoms with Gasteiger partial charge >= 0.3 is 18.4 Å². The van der Waals surface area contributed by atoms with Crippen LogP contribution in [0.5, 0.6) is 23.3 Å². The van der Waals surface area contributed by atoms with Crippen molar-refractivity contribution in [2.75, 3.05) is 13.1 Å². The molecule has 0 saturated carbocycles. The zero-order valence-electron chi connectivity index (χ0n) is 25.1. The van der Waals surface area contributed by atoms with Crippen LogP contribution in [0.3, 0.4) is 0 Å². The first-order valence-electron chi connectivity index (χ1n) is 13.2. The largest absolute Gasteiger partial charge is 0.431 e. The number of aryl methyl sites for hydroxylation is 2. The second-order valence-corrected chi connectivity index (χ2v) is 9.06. The number of hydrogen-bond acceptors (Lipinski definition) is 7. The molecule has 4 aromatic rings. The van der Waals surface area contributed by atoms with Crippen molar-refractivity contribution in [2.24, 2.45) is 4.99 Å². The lowest BCUT2D eigenvalue weighted by Gasteiger charge is -2.10. The number of carbonyl (C=O) groups excluding carboxylic acids is 2. The summed E-state index contributed by atoms with van der Waals surface area (Å²) in [5.74, 6) is -8.42. The number of rotatable bonds is 6. The highest BCUT2D eigenvalue weighted by Crippen LogP contribution is 2.36. The highest BCUT2D eigenvalue weighted by molar-refractivity contribution is 5.76. The maximum Gasteiger partial charge on any atom is 0.416 e. The molecule has 1 amide bonds. The summed E-state index contributed by atoms with van der Waals surface area (Å²) in [5, 5.41) is 12.2. The lowest BCUT2D eigenvalue weighted by Crippen LogP contribution is -2.29. The average molecular weight is 699 g/mol. The van der Waals surface area contributed by atoms with Crippen molar-refractivity contribution in [3.8, 4) is 23.3 Å². The monoisotopic (exact) mass is 698 g/mol. The molecular weight excluding hydrogens is 674 g/mol. The van der Waals surface area contributed by atoms with Crippen molar-refractivity contribution in [1.29, 1.82) is 0 Å². The molecule has 0 aliphatic heterocycles. The van der Waals surface area contributed by atoms with Crippen LogP contribution in [-0.2, 0) is 17.1 Å². The zero-order valence-corrected chi connectivity index (χ0v) is 25.1. The molecule has 2 aromatic heterocycles. The third kappa shape index (κ3) is 10.9. The van der Waals surface area contributed by atoms with Gasteiger partial charge in [0.05, 0.1) is 16.8 Å². The van der Waals surface area contributed by atoms with Crippen molar-refractivity contribution < 1.29 is 63.0 Å². The summed E-state index contributed by atoms with van der Waals surface area (Å²) in [4.78, 5) is 24.0. The first kappa shape index (κ1) is 38.8. The van der Waals surface area contributed by atoms with E-state index in [4.69, 9.17) is 14.3 Å². The fraction of sp³-hybridized carbons (Fsp3) is 0.286. The molecule has 0 atom stereocenters. The van der Waals surface area contributed by atoms with E-state index in [2.05, 4.69) is 25.6 Å². The van der Waals surface area contributed by atoms with Crippen LogP contribution in [0.25, 0.3) is 0 Å². The van der Waals surface area contributed by atoms with Gasteiger partial charge in [0.1, 0.15) is 0 Å². The first-order chi connectivity index (χ1) is 22.3. The van der Waals surface area contributed by atoms with Gasteiger partial charge in [-0.2, -0.15) is 31.0 Å². The number of hydrogen-bond donors (Lipinski definition) is 2. The minimum Gasteiger partial charge on any atom is -0.431 e. The Hall–Kier alpha value is -5.39. The number of H-pyrrole nitrogens is 1.